The Balaban J connectivity index is 0.835. The molecule has 0 spiro atoms. The van der Waals surface area contributed by atoms with Crippen molar-refractivity contribution in [1.82, 2.24) is 25.3 Å². The van der Waals surface area contributed by atoms with Gasteiger partial charge in [-0.15, -0.1) is 10.2 Å². The number of carbonyl (C=O) groups excluding carboxylic acids is 5. The Labute approximate surface area is 312 Å². The van der Waals surface area contributed by atoms with Crippen LogP contribution in [0.1, 0.15) is 87.6 Å². The Morgan fingerprint density at radius 1 is 0.852 bits per heavy atom. The third-order valence-corrected chi connectivity index (χ3v) is 11.6. The zero-order valence-corrected chi connectivity index (χ0v) is 30.1. The summed E-state index contributed by atoms with van der Waals surface area (Å²) in [5.41, 5.74) is 9.75. The molecule has 0 aliphatic carbocycles. The number of fused-ring (bicyclic) bond motifs is 1. The number of hydrogen-bond acceptors (Lipinski definition) is 12. The first-order valence-corrected chi connectivity index (χ1v) is 18.9. The van der Waals surface area contributed by atoms with Crippen molar-refractivity contribution < 1.29 is 29.1 Å². The number of nitrogens with two attached hydrogens (primary N) is 1. The molecule has 54 heavy (non-hydrogen) atoms. The van der Waals surface area contributed by atoms with Crippen molar-refractivity contribution in [2.45, 2.75) is 63.0 Å². The summed E-state index contributed by atoms with van der Waals surface area (Å²) in [6.45, 7) is 5.95. The first kappa shape index (κ1) is 35.6. The van der Waals surface area contributed by atoms with Gasteiger partial charge in [0.2, 0.25) is 11.8 Å². The molecule has 1 aromatic heterocycles. The van der Waals surface area contributed by atoms with Gasteiger partial charge in [-0.1, -0.05) is 12.1 Å². The molecule has 2 unspecified atom stereocenters. The molecule has 0 saturated carbocycles. The molecule has 3 atom stereocenters. The highest BCUT2D eigenvalue weighted by Gasteiger charge is 2.45. The maximum Gasteiger partial charge on any atom is 0.271 e. The van der Waals surface area contributed by atoms with Crippen LogP contribution in [0.5, 0.6) is 0 Å². The van der Waals surface area contributed by atoms with Gasteiger partial charge in [-0.3, -0.25) is 34.2 Å². The van der Waals surface area contributed by atoms with Gasteiger partial charge in [0, 0.05) is 56.6 Å². The van der Waals surface area contributed by atoms with E-state index in [0.29, 0.717) is 41.0 Å². The van der Waals surface area contributed by atoms with E-state index in [4.69, 9.17) is 5.73 Å². The molecular formula is C39H45N9O6. The second-order valence-corrected chi connectivity index (χ2v) is 15.2. The van der Waals surface area contributed by atoms with Crippen molar-refractivity contribution in [2.75, 3.05) is 60.9 Å². The third-order valence-electron chi connectivity index (χ3n) is 11.6. The predicted octanol–water partition coefficient (Wildman–Crippen LogP) is 2.39. The lowest BCUT2D eigenvalue weighted by atomic mass is 9.89. The van der Waals surface area contributed by atoms with Crippen LogP contribution in [-0.2, 0) is 9.59 Å². The number of likely N-dealkylation sites (tertiary alicyclic amines) is 1. The lowest BCUT2D eigenvalue weighted by Gasteiger charge is -2.34. The van der Waals surface area contributed by atoms with Crippen molar-refractivity contribution in [2.24, 2.45) is 11.7 Å². The van der Waals surface area contributed by atoms with Crippen molar-refractivity contribution in [3.8, 4) is 0 Å². The summed E-state index contributed by atoms with van der Waals surface area (Å²) < 4.78 is 0. The molecule has 0 bridgehead atoms. The van der Waals surface area contributed by atoms with E-state index in [1.807, 2.05) is 23.1 Å². The van der Waals surface area contributed by atoms with Crippen LogP contribution in [0.4, 0.5) is 22.9 Å². The molecule has 5 aliphatic heterocycles. The fourth-order valence-corrected chi connectivity index (χ4v) is 8.66. The quantitative estimate of drug-likeness (QED) is 0.235. The average molecular weight is 736 g/mol. The Bertz CT molecular complexity index is 1980. The minimum absolute atomic E-state index is 0.0652. The van der Waals surface area contributed by atoms with Crippen molar-refractivity contribution in [1.29, 1.82) is 0 Å². The average Bonchev–Trinajstić information content (AvgIpc) is 3.73. The van der Waals surface area contributed by atoms with E-state index in [-0.39, 0.29) is 18.5 Å². The standard InChI is InChI=1S/C39H45N9O6/c40-36(51)35-31(19-33(43-44-35)47-14-1-2-28(49)22-47)41-26-5-3-24(4-6-26)25-12-15-45(16-13-25)20-23-11-17-46(21-23)27-7-8-29-30(18-27)39(54)48(38(29)53)32-9-10-34(50)42-37(32)52/h3-8,18-19,23,25,28,32,49H,1-2,9-17,20-22H2,(H2,40,51)(H,41,43)(H,42,50,52)/t23?,28-,32?/m1/s1. The summed E-state index contributed by atoms with van der Waals surface area (Å²) in [4.78, 5) is 70.4. The van der Waals surface area contributed by atoms with Crippen LogP contribution in [0.15, 0.2) is 48.5 Å². The predicted molar refractivity (Wildman–Crippen MR) is 200 cm³/mol. The van der Waals surface area contributed by atoms with E-state index < -0.39 is 41.7 Å². The van der Waals surface area contributed by atoms with E-state index in [9.17, 15) is 29.1 Å². The van der Waals surface area contributed by atoms with Crippen LogP contribution >= 0.6 is 0 Å². The number of aliphatic hydroxyl groups excluding tert-OH is 1. The maximum absolute atomic E-state index is 13.3. The number of β-amino-alcohol motifs (C(OH)–C–C–N with tert-alkyl or cyclic N) is 1. The molecular weight excluding hydrogens is 690 g/mol. The molecule has 5 N–H and O–H groups in total. The number of piperidine rings is 3. The number of nitrogens with one attached hydrogen (secondary N) is 2. The molecule has 2 aromatic carbocycles. The van der Waals surface area contributed by atoms with E-state index in [0.717, 1.165) is 87.6 Å². The van der Waals surface area contributed by atoms with Gasteiger partial charge in [0.05, 0.1) is 22.9 Å². The van der Waals surface area contributed by atoms with Gasteiger partial charge >= 0.3 is 0 Å². The second kappa shape index (κ2) is 14.8. The van der Waals surface area contributed by atoms with Crippen molar-refractivity contribution in [3.63, 3.8) is 0 Å². The normalized spacial score (nSPS) is 23.9. The number of nitrogens with zero attached hydrogens (tertiary/aromatic N) is 6. The van der Waals surface area contributed by atoms with Gasteiger partial charge in [0.15, 0.2) is 11.5 Å². The number of benzene rings is 2. The summed E-state index contributed by atoms with van der Waals surface area (Å²) in [6.07, 6.45) is 4.55. The number of primary amides is 1. The number of amides is 5. The smallest absolute Gasteiger partial charge is 0.271 e. The highest BCUT2D eigenvalue weighted by molar-refractivity contribution is 6.23. The number of aliphatic hydroxyl groups is 1. The monoisotopic (exact) mass is 735 g/mol. The Kier molecular flexibility index (Phi) is 9.75. The highest BCUT2D eigenvalue weighted by atomic mass is 16.3. The van der Waals surface area contributed by atoms with Crippen molar-refractivity contribution >= 4 is 52.4 Å². The molecule has 282 valence electrons. The zero-order chi connectivity index (χ0) is 37.5. The van der Waals surface area contributed by atoms with Gasteiger partial charge in [0.25, 0.3) is 17.7 Å². The lowest BCUT2D eigenvalue weighted by Crippen LogP contribution is -2.54. The topological polar surface area (TPSA) is 194 Å². The summed E-state index contributed by atoms with van der Waals surface area (Å²) in [6, 6.07) is 14.4. The maximum atomic E-state index is 13.3. The van der Waals surface area contributed by atoms with Crippen LogP contribution in [-0.4, -0.2) is 113 Å². The van der Waals surface area contributed by atoms with Crippen molar-refractivity contribution in [3.05, 3.63) is 70.9 Å². The van der Waals surface area contributed by atoms with E-state index >= 15 is 0 Å². The minimum Gasteiger partial charge on any atom is -0.391 e. The third kappa shape index (κ3) is 7.12. The van der Waals surface area contributed by atoms with E-state index in [2.05, 4.69) is 42.8 Å². The van der Waals surface area contributed by atoms with Crippen LogP contribution < -0.4 is 26.2 Å². The molecule has 15 nitrogen and oxygen atoms in total. The largest absolute Gasteiger partial charge is 0.391 e. The zero-order valence-electron chi connectivity index (χ0n) is 30.1. The van der Waals surface area contributed by atoms with Gasteiger partial charge in [-0.05, 0) is 99.3 Å². The van der Waals surface area contributed by atoms with Crippen LogP contribution in [0, 0.1) is 5.92 Å². The minimum atomic E-state index is -0.973. The van der Waals surface area contributed by atoms with Gasteiger partial charge in [-0.2, -0.15) is 0 Å². The second-order valence-electron chi connectivity index (χ2n) is 15.2. The van der Waals surface area contributed by atoms with E-state index in [1.54, 1.807) is 18.2 Å². The summed E-state index contributed by atoms with van der Waals surface area (Å²) in [5.74, 6) is -1.12. The van der Waals surface area contributed by atoms with Crippen LogP contribution in [0.3, 0.4) is 0 Å². The molecule has 4 saturated heterocycles. The molecule has 5 aliphatic rings. The summed E-state index contributed by atoms with van der Waals surface area (Å²) in [5, 5.41) is 24.0. The van der Waals surface area contributed by atoms with E-state index in [1.165, 1.54) is 5.56 Å². The number of imide groups is 2. The highest BCUT2D eigenvalue weighted by Crippen LogP contribution is 2.35. The SMILES string of the molecule is NC(=O)c1nnc(N2CCC[C@@H](O)C2)cc1Nc1ccc(C2CCN(CC3CCN(c4ccc5c(c4)C(=O)N(C4CCC(=O)NC4=O)C5=O)C3)CC2)cc1. The number of hydrogen-bond donors (Lipinski definition) is 4. The first-order chi connectivity index (χ1) is 26.1. The van der Waals surface area contributed by atoms with Gasteiger partial charge in [0.1, 0.15) is 6.04 Å². The lowest BCUT2D eigenvalue weighted by molar-refractivity contribution is -0.136. The Morgan fingerprint density at radius 2 is 1.63 bits per heavy atom. The molecule has 8 rings (SSSR count). The molecule has 5 amide bonds. The van der Waals surface area contributed by atoms with Crippen LogP contribution in [0.2, 0.25) is 0 Å². The molecule has 3 aromatic rings. The van der Waals surface area contributed by atoms with Crippen LogP contribution in [0.25, 0.3) is 0 Å². The number of rotatable bonds is 9. The number of anilines is 4. The van der Waals surface area contributed by atoms with Gasteiger partial charge in [-0.25, -0.2) is 0 Å². The fourth-order valence-electron chi connectivity index (χ4n) is 8.66. The summed E-state index contributed by atoms with van der Waals surface area (Å²) >= 11 is 0. The summed E-state index contributed by atoms with van der Waals surface area (Å²) in [7, 11) is 0. The molecule has 6 heterocycles. The fraction of sp³-hybridized carbons (Fsp3) is 0.462. The molecule has 15 heteroatoms. The first-order valence-electron chi connectivity index (χ1n) is 18.9. The Morgan fingerprint density at radius 3 is 2.37 bits per heavy atom. The molecule has 0 radical (unpaired) electrons. The Hall–Kier alpha value is -5.41. The number of aromatic nitrogens is 2. The molecule has 4 fully saturated rings. The van der Waals surface area contributed by atoms with Gasteiger partial charge < -0.3 is 30.9 Å². The number of carbonyl (C=O) groups is 5.